The lowest BCUT2D eigenvalue weighted by Crippen LogP contribution is -2.38. The Morgan fingerprint density at radius 3 is 2.57 bits per heavy atom. The fourth-order valence-electron chi connectivity index (χ4n) is 3.07. The van der Waals surface area contributed by atoms with Gasteiger partial charge in [0.05, 0.1) is 12.7 Å². The number of anilines is 1. The van der Waals surface area contributed by atoms with E-state index < -0.39 is 0 Å². The fraction of sp³-hybridized carbons (Fsp3) is 0.588. The van der Waals surface area contributed by atoms with Crippen molar-refractivity contribution in [3.8, 4) is 5.75 Å². The Morgan fingerprint density at radius 1 is 1.29 bits per heavy atom. The predicted octanol–water partition coefficient (Wildman–Crippen LogP) is 3.37. The number of hydrogen-bond donors (Lipinski definition) is 2. The highest BCUT2D eigenvalue weighted by Crippen LogP contribution is 2.26. The highest BCUT2D eigenvalue weighted by molar-refractivity contribution is 5.99. The van der Waals surface area contributed by atoms with Crippen LogP contribution in [-0.4, -0.2) is 19.1 Å². The Balaban J connectivity index is 2.03. The molecule has 0 unspecified atom stereocenters. The number of nitrogens with one attached hydrogen (secondary N) is 1. The van der Waals surface area contributed by atoms with Crippen LogP contribution in [0.1, 0.15) is 55.8 Å². The summed E-state index contributed by atoms with van der Waals surface area (Å²) in [6.45, 7) is 2.10. The maximum Gasteiger partial charge on any atom is 0.253 e. The second-order valence-corrected chi connectivity index (χ2v) is 5.97. The van der Waals surface area contributed by atoms with Gasteiger partial charge in [-0.1, -0.05) is 25.7 Å². The van der Waals surface area contributed by atoms with Crippen LogP contribution in [0.2, 0.25) is 0 Å². The minimum absolute atomic E-state index is 0.108. The van der Waals surface area contributed by atoms with Crippen molar-refractivity contribution < 1.29 is 9.53 Å². The van der Waals surface area contributed by atoms with Crippen LogP contribution >= 0.6 is 0 Å². The van der Waals surface area contributed by atoms with E-state index in [1.54, 1.807) is 25.3 Å². The molecule has 1 aliphatic carbocycles. The van der Waals surface area contributed by atoms with Crippen LogP contribution in [0, 0.1) is 5.92 Å². The normalized spacial score (nSPS) is 17.8. The number of hydrogen-bond acceptors (Lipinski definition) is 3. The second-order valence-electron chi connectivity index (χ2n) is 5.97. The summed E-state index contributed by atoms with van der Waals surface area (Å²) in [6, 6.07) is 5.36. The highest BCUT2D eigenvalue weighted by atomic mass is 16.5. The van der Waals surface area contributed by atoms with E-state index in [-0.39, 0.29) is 11.9 Å². The summed E-state index contributed by atoms with van der Waals surface area (Å²) in [4.78, 5) is 12.4. The van der Waals surface area contributed by atoms with Crippen LogP contribution in [0.4, 0.5) is 5.69 Å². The molecule has 1 fully saturated rings. The molecule has 1 aromatic carbocycles. The molecule has 0 bridgehead atoms. The minimum atomic E-state index is -0.108. The maximum absolute atomic E-state index is 12.4. The predicted molar refractivity (Wildman–Crippen MR) is 85.5 cm³/mol. The average Bonchev–Trinajstić information content (AvgIpc) is 2.76. The lowest BCUT2D eigenvalue weighted by atomic mass is 9.93. The van der Waals surface area contributed by atoms with E-state index in [4.69, 9.17) is 10.5 Å². The summed E-state index contributed by atoms with van der Waals surface area (Å²) < 4.78 is 5.16. The third-order valence-electron chi connectivity index (χ3n) is 4.47. The molecule has 0 radical (unpaired) electrons. The van der Waals surface area contributed by atoms with Crippen molar-refractivity contribution in [1.82, 2.24) is 5.32 Å². The molecule has 2 rings (SSSR count). The number of nitrogens with two attached hydrogens (primary N) is 1. The van der Waals surface area contributed by atoms with Crippen molar-refractivity contribution in [2.75, 3.05) is 12.8 Å². The van der Waals surface area contributed by atoms with E-state index in [2.05, 4.69) is 12.2 Å². The van der Waals surface area contributed by atoms with Gasteiger partial charge >= 0.3 is 0 Å². The first-order valence-electron chi connectivity index (χ1n) is 7.86. The van der Waals surface area contributed by atoms with E-state index in [1.165, 1.54) is 38.5 Å². The number of benzene rings is 1. The Hall–Kier alpha value is -1.71. The molecule has 116 valence electrons. The van der Waals surface area contributed by atoms with Gasteiger partial charge in [-0.15, -0.1) is 0 Å². The van der Waals surface area contributed by atoms with Gasteiger partial charge < -0.3 is 15.8 Å². The molecule has 1 saturated carbocycles. The molecule has 21 heavy (non-hydrogen) atoms. The third-order valence-corrected chi connectivity index (χ3v) is 4.47. The molecule has 0 heterocycles. The first kappa shape index (κ1) is 15.7. The highest BCUT2D eigenvalue weighted by Gasteiger charge is 2.22. The molecule has 1 aromatic rings. The van der Waals surface area contributed by atoms with Gasteiger partial charge in [-0.05, 0) is 43.9 Å². The van der Waals surface area contributed by atoms with Crippen LogP contribution in [0.25, 0.3) is 0 Å². The smallest absolute Gasteiger partial charge is 0.253 e. The number of amides is 1. The lowest BCUT2D eigenvalue weighted by Gasteiger charge is -2.24. The zero-order chi connectivity index (χ0) is 15.2. The quantitative estimate of drug-likeness (QED) is 0.660. The van der Waals surface area contributed by atoms with Gasteiger partial charge in [0.1, 0.15) is 5.75 Å². The molecule has 0 aromatic heterocycles. The van der Waals surface area contributed by atoms with E-state index in [0.29, 0.717) is 22.9 Å². The summed E-state index contributed by atoms with van der Waals surface area (Å²) in [5.74, 6) is 1.11. The minimum Gasteiger partial charge on any atom is -0.497 e. The number of methoxy groups -OCH3 is 1. The van der Waals surface area contributed by atoms with Gasteiger partial charge in [0.2, 0.25) is 0 Å². The van der Waals surface area contributed by atoms with Crippen molar-refractivity contribution in [3.05, 3.63) is 23.8 Å². The summed E-state index contributed by atoms with van der Waals surface area (Å²) in [6.07, 6.45) is 7.59. The van der Waals surface area contributed by atoms with Crippen molar-refractivity contribution >= 4 is 11.6 Å². The number of rotatable bonds is 4. The van der Waals surface area contributed by atoms with Gasteiger partial charge in [0.25, 0.3) is 5.91 Å². The van der Waals surface area contributed by atoms with Crippen molar-refractivity contribution in [2.24, 2.45) is 5.92 Å². The average molecular weight is 290 g/mol. The molecule has 1 aliphatic rings. The molecule has 3 N–H and O–H groups in total. The SMILES string of the molecule is COc1ccc(N)c(C(=O)N[C@H](C)C2CCCCCC2)c1. The zero-order valence-corrected chi connectivity index (χ0v) is 13.0. The number of nitrogen functional groups attached to an aromatic ring is 1. The standard InChI is InChI=1S/C17H26N2O2/c1-12(13-7-5-3-4-6-8-13)19-17(20)15-11-14(21-2)9-10-16(15)18/h9-13H,3-8,18H2,1-2H3,(H,19,20)/t12-/m1/s1. The molecule has 0 saturated heterocycles. The first-order valence-corrected chi connectivity index (χ1v) is 7.86. The monoisotopic (exact) mass is 290 g/mol. The number of carbonyl (C=O) groups excluding carboxylic acids is 1. The van der Waals surface area contributed by atoms with E-state index in [1.807, 2.05) is 0 Å². The van der Waals surface area contributed by atoms with E-state index in [0.717, 1.165) is 0 Å². The zero-order valence-electron chi connectivity index (χ0n) is 13.0. The molecular formula is C17H26N2O2. The van der Waals surface area contributed by atoms with Crippen LogP contribution in [0.15, 0.2) is 18.2 Å². The lowest BCUT2D eigenvalue weighted by molar-refractivity contribution is 0.0924. The second kappa shape index (κ2) is 7.34. The Kier molecular flexibility index (Phi) is 5.48. The van der Waals surface area contributed by atoms with Gasteiger partial charge in [-0.25, -0.2) is 0 Å². The van der Waals surface area contributed by atoms with Crippen LogP contribution in [-0.2, 0) is 0 Å². The molecule has 0 spiro atoms. The fourth-order valence-corrected chi connectivity index (χ4v) is 3.07. The van der Waals surface area contributed by atoms with Crippen molar-refractivity contribution in [3.63, 3.8) is 0 Å². The molecule has 4 nitrogen and oxygen atoms in total. The van der Waals surface area contributed by atoms with E-state index >= 15 is 0 Å². The van der Waals surface area contributed by atoms with Gasteiger partial charge in [-0.3, -0.25) is 4.79 Å². The molecule has 1 atom stereocenters. The Labute approximate surface area is 127 Å². The number of carbonyl (C=O) groups is 1. The summed E-state index contributed by atoms with van der Waals surface area (Å²) in [5.41, 5.74) is 6.89. The number of ether oxygens (including phenoxy) is 1. The molecule has 0 aliphatic heterocycles. The van der Waals surface area contributed by atoms with E-state index in [9.17, 15) is 4.79 Å². The first-order chi connectivity index (χ1) is 10.1. The maximum atomic E-state index is 12.4. The molecular weight excluding hydrogens is 264 g/mol. The van der Waals surface area contributed by atoms with Gasteiger partial charge in [0, 0.05) is 11.7 Å². The van der Waals surface area contributed by atoms with Crippen molar-refractivity contribution in [2.45, 2.75) is 51.5 Å². The summed E-state index contributed by atoms with van der Waals surface area (Å²) in [5, 5.41) is 3.11. The summed E-state index contributed by atoms with van der Waals surface area (Å²) in [7, 11) is 1.58. The molecule has 1 amide bonds. The molecule has 4 heteroatoms. The summed E-state index contributed by atoms with van der Waals surface area (Å²) >= 11 is 0. The van der Waals surface area contributed by atoms with Gasteiger partial charge in [-0.2, -0.15) is 0 Å². The Bertz CT molecular complexity index is 480. The van der Waals surface area contributed by atoms with Crippen LogP contribution in [0.3, 0.4) is 0 Å². The topological polar surface area (TPSA) is 64.3 Å². The van der Waals surface area contributed by atoms with Crippen molar-refractivity contribution in [1.29, 1.82) is 0 Å². The third kappa shape index (κ3) is 4.13. The Morgan fingerprint density at radius 2 is 1.95 bits per heavy atom. The van der Waals surface area contributed by atoms with Crippen LogP contribution in [0.5, 0.6) is 5.75 Å². The largest absolute Gasteiger partial charge is 0.497 e. The van der Waals surface area contributed by atoms with Gasteiger partial charge in [0.15, 0.2) is 0 Å². The van der Waals surface area contributed by atoms with Crippen LogP contribution < -0.4 is 15.8 Å².